The monoisotopic (exact) mass is 326 g/mol. The highest BCUT2D eigenvalue weighted by atomic mass is 79.9. The van der Waals surface area contributed by atoms with Crippen LogP contribution in [0.5, 0.6) is 5.75 Å². The molecule has 1 aliphatic heterocycles. The van der Waals surface area contributed by atoms with Crippen LogP contribution in [-0.4, -0.2) is 37.2 Å². The summed E-state index contributed by atoms with van der Waals surface area (Å²) in [7, 11) is 0. The van der Waals surface area contributed by atoms with Crippen molar-refractivity contribution in [2.45, 2.75) is 19.8 Å². The lowest BCUT2D eigenvalue weighted by atomic mass is 10.0. The molecule has 1 aliphatic rings. The van der Waals surface area contributed by atoms with E-state index in [0.29, 0.717) is 19.1 Å². The maximum absolute atomic E-state index is 11.4. The van der Waals surface area contributed by atoms with Gasteiger partial charge < -0.3 is 15.0 Å². The third kappa shape index (κ3) is 3.62. The molecule has 0 unspecified atom stereocenters. The largest absolute Gasteiger partial charge is 0.491 e. The molecular formula is C14H19BrN2O2. The second-order valence-electron chi connectivity index (χ2n) is 4.90. The van der Waals surface area contributed by atoms with E-state index in [1.807, 2.05) is 12.1 Å². The average molecular weight is 327 g/mol. The van der Waals surface area contributed by atoms with E-state index in [2.05, 4.69) is 41.2 Å². The van der Waals surface area contributed by atoms with Crippen LogP contribution >= 0.6 is 15.9 Å². The molecule has 5 heteroatoms. The van der Waals surface area contributed by atoms with E-state index in [1.54, 1.807) is 4.90 Å². The molecule has 0 radical (unpaired) electrons. The molecule has 19 heavy (non-hydrogen) atoms. The number of hydrogen-bond donors (Lipinski definition) is 1. The molecule has 0 aliphatic carbocycles. The summed E-state index contributed by atoms with van der Waals surface area (Å²) in [6.07, 6.45) is 0. The second-order valence-corrected chi connectivity index (χ2v) is 5.82. The molecule has 0 spiro atoms. The number of amides is 2. The van der Waals surface area contributed by atoms with Gasteiger partial charge in [0.05, 0.1) is 6.54 Å². The maximum atomic E-state index is 11.4. The summed E-state index contributed by atoms with van der Waals surface area (Å²) in [5, 5.41) is 2.78. The topological polar surface area (TPSA) is 41.6 Å². The Balaban J connectivity index is 1.93. The van der Waals surface area contributed by atoms with Crippen LogP contribution in [0.25, 0.3) is 0 Å². The first-order chi connectivity index (χ1) is 9.08. The Hall–Kier alpha value is -1.23. The van der Waals surface area contributed by atoms with Crippen LogP contribution in [0, 0.1) is 0 Å². The number of hydrogen-bond acceptors (Lipinski definition) is 2. The molecule has 2 rings (SSSR count). The minimum absolute atomic E-state index is 0.00323. The van der Waals surface area contributed by atoms with Crippen LogP contribution < -0.4 is 10.1 Å². The zero-order valence-electron chi connectivity index (χ0n) is 11.3. The molecule has 1 aromatic carbocycles. The molecule has 1 N–H and O–H groups in total. The predicted octanol–water partition coefficient (Wildman–Crippen LogP) is 2.98. The molecule has 1 saturated heterocycles. The normalized spacial score (nSPS) is 14.9. The van der Waals surface area contributed by atoms with Crippen molar-refractivity contribution in [3.63, 3.8) is 0 Å². The van der Waals surface area contributed by atoms with Gasteiger partial charge in [0.2, 0.25) is 0 Å². The summed E-state index contributed by atoms with van der Waals surface area (Å²) in [6.45, 7) is 6.92. The Morgan fingerprint density at radius 2 is 2.26 bits per heavy atom. The highest BCUT2D eigenvalue weighted by Gasteiger charge is 2.19. The number of carbonyl (C=O) groups excluding carboxylic acids is 1. The molecule has 0 saturated carbocycles. The van der Waals surface area contributed by atoms with Gasteiger partial charge in [-0.2, -0.15) is 0 Å². The molecule has 0 atom stereocenters. The van der Waals surface area contributed by atoms with Gasteiger partial charge in [-0.15, -0.1) is 0 Å². The van der Waals surface area contributed by atoms with E-state index in [1.165, 1.54) is 5.56 Å². The Kier molecular flexibility index (Phi) is 4.69. The molecule has 1 heterocycles. The average Bonchev–Trinajstić information content (AvgIpc) is 2.77. The SMILES string of the molecule is CC(C)c1cc(Br)ccc1OCCN1CCNC1=O. The smallest absolute Gasteiger partial charge is 0.317 e. The summed E-state index contributed by atoms with van der Waals surface area (Å²) in [5.41, 5.74) is 1.18. The Morgan fingerprint density at radius 3 is 2.89 bits per heavy atom. The summed E-state index contributed by atoms with van der Waals surface area (Å²) in [4.78, 5) is 13.2. The molecule has 0 bridgehead atoms. The van der Waals surface area contributed by atoms with Crippen molar-refractivity contribution in [1.82, 2.24) is 10.2 Å². The van der Waals surface area contributed by atoms with Crippen molar-refractivity contribution in [2.75, 3.05) is 26.2 Å². The van der Waals surface area contributed by atoms with Gasteiger partial charge in [-0.3, -0.25) is 0 Å². The summed E-state index contributed by atoms with van der Waals surface area (Å²) in [6, 6.07) is 6.04. The van der Waals surface area contributed by atoms with E-state index in [0.717, 1.165) is 23.3 Å². The van der Waals surface area contributed by atoms with Crippen molar-refractivity contribution in [3.05, 3.63) is 28.2 Å². The van der Waals surface area contributed by atoms with Crippen molar-refractivity contribution < 1.29 is 9.53 Å². The summed E-state index contributed by atoms with van der Waals surface area (Å²) >= 11 is 3.48. The first-order valence-corrected chi connectivity index (χ1v) is 7.32. The minimum Gasteiger partial charge on any atom is -0.491 e. The van der Waals surface area contributed by atoms with Gasteiger partial charge in [-0.1, -0.05) is 29.8 Å². The van der Waals surface area contributed by atoms with Crippen molar-refractivity contribution in [1.29, 1.82) is 0 Å². The zero-order chi connectivity index (χ0) is 13.8. The van der Waals surface area contributed by atoms with E-state index in [9.17, 15) is 4.79 Å². The number of carbonyl (C=O) groups is 1. The van der Waals surface area contributed by atoms with E-state index < -0.39 is 0 Å². The van der Waals surface area contributed by atoms with Crippen LogP contribution in [0.3, 0.4) is 0 Å². The molecule has 1 aromatic rings. The summed E-state index contributed by atoms with van der Waals surface area (Å²) < 4.78 is 6.88. The number of rotatable bonds is 5. The van der Waals surface area contributed by atoms with E-state index in [-0.39, 0.29) is 6.03 Å². The van der Waals surface area contributed by atoms with Crippen LogP contribution in [-0.2, 0) is 0 Å². The molecule has 104 valence electrons. The maximum Gasteiger partial charge on any atom is 0.317 e. The Bertz CT molecular complexity index is 463. The Morgan fingerprint density at radius 1 is 1.47 bits per heavy atom. The van der Waals surface area contributed by atoms with E-state index in [4.69, 9.17) is 4.74 Å². The quantitative estimate of drug-likeness (QED) is 0.903. The van der Waals surface area contributed by atoms with Gasteiger partial charge in [-0.05, 0) is 29.7 Å². The lowest BCUT2D eigenvalue weighted by Gasteiger charge is -2.17. The van der Waals surface area contributed by atoms with Crippen molar-refractivity contribution >= 4 is 22.0 Å². The van der Waals surface area contributed by atoms with Gasteiger partial charge in [0.1, 0.15) is 12.4 Å². The van der Waals surface area contributed by atoms with E-state index >= 15 is 0 Å². The van der Waals surface area contributed by atoms with Gasteiger partial charge in [0, 0.05) is 17.6 Å². The highest BCUT2D eigenvalue weighted by Crippen LogP contribution is 2.29. The first-order valence-electron chi connectivity index (χ1n) is 6.53. The third-order valence-corrected chi connectivity index (χ3v) is 3.65. The van der Waals surface area contributed by atoms with Gasteiger partial charge >= 0.3 is 6.03 Å². The predicted molar refractivity (Wildman–Crippen MR) is 78.7 cm³/mol. The second kappa shape index (κ2) is 6.28. The lowest BCUT2D eigenvalue weighted by Crippen LogP contribution is -2.31. The number of nitrogens with one attached hydrogen (secondary N) is 1. The molecular weight excluding hydrogens is 308 g/mol. The van der Waals surface area contributed by atoms with Crippen LogP contribution in [0.2, 0.25) is 0 Å². The van der Waals surface area contributed by atoms with Crippen LogP contribution in [0.1, 0.15) is 25.3 Å². The number of nitrogens with zero attached hydrogens (tertiary/aromatic N) is 1. The van der Waals surface area contributed by atoms with Crippen molar-refractivity contribution in [3.8, 4) is 5.75 Å². The number of urea groups is 1. The number of benzene rings is 1. The fourth-order valence-electron chi connectivity index (χ4n) is 2.09. The third-order valence-electron chi connectivity index (χ3n) is 3.16. The van der Waals surface area contributed by atoms with Gasteiger partial charge in [0.25, 0.3) is 0 Å². The molecule has 1 fully saturated rings. The lowest BCUT2D eigenvalue weighted by molar-refractivity contribution is 0.202. The molecule has 2 amide bonds. The van der Waals surface area contributed by atoms with Crippen molar-refractivity contribution in [2.24, 2.45) is 0 Å². The van der Waals surface area contributed by atoms with Crippen LogP contribution in [0.4, 0.5) is 4.79 Å². The summed E-state index contributed by atoms with van der Waals surface area (Å²) in [5.74, 6) is 1.31. The standard InChI is InChI=1S/C14H19BrN2O2/c1-10(2)12-9-11(15)3-4-13(12)19-8-7-17-6-5-16-14(17)18/h3-4,9-10H,5-8H2,1-2H3,(H,16,18). The Labute approximate surface area is 122 Å². The zero-order valence-corrected chi connectivity index (χ0v) is 12.9. The van der Waals surface area contributed by atoms with Crippen LogP contribution in [0.15, 0.2) is 22.7 Å². The fraction of sp³-hybridized carbons (Fsp3) is 0.500. The molecule has 4 nitrogen and oxygen atoms in total. The minimum atomic E-state index is 0.00323. The molecule has 0 aromatic heterocycles. The first kappa shape index (κ1) is 14.2. The number of ether oxygens (including phenoxy) is 1. The van der Waals surface area contributed by atoms with Gasteiger partial charge in [0.15, 0.2) is 0 Å². The highest BCUT2D eigenvalue weighted by molar-refractivity contribution is 9.10. The number of halogens is 1. The van der Waals surface area contributed by atoms with Gasteiger partial charge in [-0.25, -0.2) is 4.79 Å². The fourth-order valence-corrected chi connectivity index (χ4v) is 2.47.